The van der Waals surface area contributed by atoms with Gasteiger partial charge in [-0.3, -0.25) is 4.79 Å². The third-order valence-electron chi connectivity index (χ3n) is 3.64. The number of anilines is 1. The van der Waals surface area contributed by atoms with E-state index in [0.29, 0.717) is 12.4 Å². The molecule has 2 heterocycles. The lowest BCUT2D eigenvalue weighted by Crippen LogP contribution is -2.26. The van der Waals surface area contributed by atoms with Gasteiger partial charge in [0.1, 0.15) is 5.82 Å². The number of benzene rings is 1. The lowest BCUT2D eigenvalue weighted by Gasteiger charge is -2.21. The fourth-order valence-corrected chi connectivity index (χ4v) is 2.49. The SMILES string of the molecule is CN(Cc1ccccc1)c1ncccc1CNC(=O)c1ncc[nH]1. The zero-order chi connectivity index (χ0) is 16.8. The Kier molecular flexibility index (Phi) is 4.86. The summed E-state index contributed by atoms with van der Waals surface area (Å²) in [5, 5.41) is 2.86. The number of hydrogen-bond acceptors (Lipinski definition) is 4. The van der Waals surface area contributed by atoms with Gasteiger partial charge >= 0.3 is 0 Å². The van der Waals surface area contributed by atoms with Crippen LogP contribution >= 0.6 is 0 Å². The third-order valence-corrected chi connectivity index (χ3v) is 3.64. The molecular weight excluding hydrogens is 302 g/mol. The number of nitrogens with one attached hydrogen (secondary N) is 2. The van der Waals surface area contributed by atoms with Gasteiger partial charge < -0.3 is 15.2 Å². The van der Waals surface area contributed by atoms with Crippen molar-refractivity contribution >= 4 is 11.7 Å². The number of pyridine rings is 1. The molecule has 0 aliphatic carbocycles. The van der Waals surface area contributed by atoms with Crippen molar-refractivity contribution in [3.05, 3.63) is 78.0 Å². The minimum atomic E-state index is -0.236. The molecule has 2 aromatic heterocycles. The molecule has 0 unspecified atom stereocenters. The van der Waals surface area contributed by atoms with Crippen LogP contribution in [0.3, 0.4) is 0 Å². The van der Waals surface area contributed by atoms with Crippen LogP contribution in [0.15, 0.2) is 61.1 Å². The maximum absolute atomic E-state index is 12.0. The van der Waals surface area contributed by atoms with Crippen molar-refractivity contribution in [2.75, 3.05) is 11.9 Å². The van der Waals surface area contributed by atoms with Crippen molar-refractivity contribution in [3.8, 4) is 0 Å². The molecule has 0 aliphatic rings. The van der Waals surface area contributed by atoms with Gasteiger partial charge in [-0.15, -0.1) is 0 Å². The highest BCUT2D eigenvalue weighted by Crippen LogP contribution is 2.18. The van der Waals surface area contributed by atoms with Gasteiger partial charge in [0.25, 0.3) is 5.91 Å². The molecule has 6 heteroatoms. The Morgan fingerprint density at radius 1 is 1.12 bits per heavy atom. The highest BCUT2D eigenvalue weighted by Gasteiger charge is 2.12. The van der Waals surface area contributed by atoms with E-state index in [1.54, 1.807) is 18.6 Å². The van der Waals surface area contributed by atoms with Crippen LogP contribution in [0.25, 0.3) is 0 Å². The fraction of sp³-hybridized carbons (Fsp3) is 0.167. The van der Waals surface area contributed by atoms with E-state index in [0.717, 1.165) is 17.9 Å². The second kappa shape index (κ2) is 7.41. The van der Waals surface area contributed by atoms with Crippen LogP contribution < -0.4 is 10.2 Å². The van der Waals surface area contributed by atoms with E-state index in [4.69, 9.17) is 0 Å². The lowest BCUT2D eigenvalue weighted by atomic mass is 10.2. The predicted octanol–water partition coefficient (Wildman–Crippen LogP) is 2.37. The van der Waals surface area contributed by atoms with Crippen LogP contribution in [-0.2, 0) is 13.1 Å². The van der Waals surface area contributed by atoms with Crippen LogP contribution in [0.4, 0.5) is 5.82 Å². The van der Waals surface area contributed by atoms with Crippen LogP contribution in [0.2, 0.25) is 0 Å². The topological polar surface area (TPSA) is 73.9 Å². The van der Waals surface area contributed by atoms with Crippen molar-refractivity contribution < 1.29 is 4.79 Å². The van der Waals surface area contributed by atoms with Gasteiger partial charge in [-0.1, -0.05) is 36.4 Å². The smallest absolute Gasteiger partial charge is 0.287 e. The summed E-state index contributed by atoms with van der Waals surface area (Å²) in [7, 11) is 1.99. The molecule has 24 heavy (non-hydrogen) atoms. The Morgan fingerprint density at radius 3 is 2.71 bits per heavy atom. The number of H-pyrrole nitrogens is 1. The highest BCUT2D eigenvalue weighted by atomic mass is 16.2. The Morgan fingerprint density at radius 2 is 1.96 bits per heavy atom. The summed E-state index contributed by atoms with van der Waals surface area (Å²) >= 11 is 0. The number of rotatable bonds is 6. The summed E-state index contributed by atoms with van der Waals surface area (Å²) in [5.74, 6) is 0.916. The number of aromatic amines is 1. The van der Waals surface area contributed by atoms with Crippen molar-refractivity contribution in [2.45, 2.75) is 13.1 Å². The summed E-state index contributed by atoms with van der Waals surface area (Å²) in [6.07, 6.45) is 4.94. The Labute approximate surface area is 140 Å². The molecule has 2 N–H and O–H groups in total. The molecular formula is C18H19N5O. The first-order valence-corrected chi connectivity index (χ1v) is 7.70. The average molecular weight is 321 g/mol. The molecule has 0 radical (unpaired) electrons. The average Bonchev–Trinajstić information content (AvgIpc) is 3.15. The molecule has 122 valence electrons. The molecule has 0 spiro atoms. The van der Waals surface area contributed by atoms with E-state index in [1.165, 1.54) is 5.56 Å². The summed E-state index contributed by atoms with van der Waals surface area (Å²) < 4.78 is 0. The van der Waals surface area contributed by atoms with Crippen LogP contribution in [0.5, 0.6) is 0 Å². The zero-order valence-electron chi connectivity index (χ0n) is 13.4. The molecule has 0 atom stereocenters. The van der Waals surface area contributed by atoms with Gasteiger partial charge in [0.2, 0.25) is 0 Å². The highest BCUT2D eigenvalue weighted by molar-refractivity contribution is 5.90. The standard InChI is InChI=1S/C18H19N5O/c1-23(13-14-6-3-2-4-7-14)17-15(8-5-9-21-17)12-22-18(24)16-19-10-11-20-16/h2-11H,12-13H2,1H3,(H,19,20)(H,22,24). The Hall–Kier alpha value is -3.15. The van der Waals surface area contributed by atoms with Crippen molar-refractivity contribution in [2.24, 2.45) is 0 Å². The molecule has 1 amide bonds. The second-order valence-corrected chi connectivity index (χ2v) is 5.45. The number of carbonyl (C=O) groups excluding carboxylic acids is 1. The van der Waals surface area contributed by atoms with Crippen molar-refractivity contribution in [1.82, 2.24) is 20.3 Å². The Bertz CT molecular complexity index is 786. The number of hydrogen-bond donors (Lipinski definition) is 2. The second-order valence-electron chi connectivity index (χ2n) is 5.45. The lowest BCUT2D eigenvalue weighted by molar-refractivity contribution is 0.0941. The van der Waals surface area contributed by atoms with Gasteiger partial charge in [0, 0.05) is 44.3 Å². The van der Waals surface area contributed by atoms with Crippen LogP contribution in [-0.4, -0.2) is 27.9 Å². The molecule has 0 bridgehead atoms. The molecule has 0 fully saturated rings. The van der Waals surface area contributed by atoms with Gasteiger partial charge in [-0.05, 0) is 11.6 Å². The molecule has 3 aromatic rings. The molecule has 0 saturated carbocycles. The maximum Gasteiger partial charge on any atom is 0.287 e. The number of imidazole rings is 1. The minimum absolute atomic E-state index is 0.236. The first-order valence-electron chi connectivity index (χ1n) is 7.70. The quantitative estimate of drug-likeness (QED) is 0.731. The summed E-state index contributed by atoms with van der Waals surface area (Å²) in [6.45, 7) is 1.14. The van der Waals surface area contributed by atoms with Gasteiger partial charge in [0.05, 0.1) is 0 Å². The summed E-state index contributed by atoms with van der Waals surface area (Å²) in [5.41, 5.74) is 2.16. The van der Waals surface area contributed by atoms with E-state index >= 15 is 0 Å². The van der Waals surface area contributed by atoms with E-state index < -0.39 is 0 Å². The van der Waals surface area contributed by atoms with E-state index in [9.17, 15) is 4.79 Å². The largest absolute Gasteiger partial charge is 0.355 e. The first-order chi connectivity index (χ1) is 11.7. The number of nitrogens with zero attached hydrogens (tertiary/aromatic N) is 3. The zero-order valence-corrected chi connectivity index (χ0v) is 13.4. The molecule has 1 aromatic carbocycles. The van der Waals surface area contributed by atoms with Crippen molar-refractivity contribution in [3.63, 3.8) is 0 Å². The number of aromatic nitrogens is 3. The molecule has 0 aliphatic heterocycles. The molecule has 0 saturated heterocycles. The maximum atomic E-state index is 12.0. The van der Waals surface area contributed by atoms with Gasteiger partial charge in [-0.25, -0.2) is 9.97 Å². The summed E-state index contributed by atoms with van der Waals surface area (Å²) in [6, 6.07) is 14.0. The van der Waals surface area contributed by atoms with Gasteiger partial charge in [0.15, 0.2) is 5.82 Å². The van der Waals surface area contributed by atoms with Crippen LogP contribution in [0, 0.1) is 0 Å². The Balaban J connectivity index is 1.69. The normalized spacial score (nSPS) is 10.4. The molecule has 6 nitrogen and oxygen atoms in total. The van der Waals surface area contributed by atoms with E-state index in [2.05, 4.69) is 37.3 Å². The summed E-state index contributed by atoms with van der Waals surface area (Å²) in [4.78, 5) is 25.3. The van der Waals surface area contributed by atoms with E-state index in [1.807, 2.05) is 37.4 Å². The predicted molar refractivity (Wildman–Crippen MR) is 92.5 cm³/mol. The molecule has 3 rings (SSSR count). The van der Waals surface area contributed by atoms with Crippen LogP contribution in [0.1, 0.15) is 21.7 Å². The minimum Gasteiger partial charge on any atom is -0.355 e. The van der Waals surface area contributed by atoms with E-state index in [-0.39, 0.29) is 5.91 Å². The number of carbonyl (C=O) groups is 1. The number of amides is 1. The van der Waals surface area contributed by atoms with Crippen molar-refractivity contribution in [1.29, 1.82) is 0 Å². The third kappa shape index (κ3) is 3.78. The van der Waals surface area contributed by atoms with Gasteiger partial charge in [-0.2, -0.15) is 0 Å². The fourth-order valence-electron chi connectivity index (χ4n) is 2.49. The monoisotopic (exact) mass is 321 g/mol. The first kappa shape index (κ1) is 15.7.